The molecule has 8 nitrogen and oxygen atoms in total. The number of imidazole rings is 1. The van der Waals surface area contributed by atoms with E-state index in [0.717, 1.165) is 5.56 Å². The Bertz CT molecular complexity index is 1210. The molecular formula is C22H21N5O3. The summed E-state index contributed by atoms with van der Waals surface area (Å²) in [7, 11) is 1.54. The number of benzene rings is 1. The lowest BCUT2D eigenvalue weighted by atomic mass is 9.98. The summed E-state index contributed by atoms with van der Waals surface area (Å²) in [4.78, 5) is 25.8. The van der Waals surface area contributed by atoms with E-state index in [4.69, 9.17) is 0 Å². The first-order valence-corrected chi connectivity index (χ1v) is 9.84. The molecule has 2 heterocycles. The molecule has 3 aromatic rings. The zero-order valence-electron chi connectivity index (χ0n) is 16.6. The van der Waals surface area contributed by atoms with Crippen molar-refractivity contribution in [2.75, 3.05) is 7.05 Å². The summed E-state index contributed by atoms with van der Waals surface area (Å²) in [5, 5.41) is 24.0. The number of hydrogen-bond donors (Lipinski definition) is 3. The van der Waals surface area contributed by atoms with Crippen LogP contribution in [0.15, 0.2) is 36.7 Å². The number of amides is 1. The molecular weight excluding hydrogens is 382 g/mol. The number of nitrogens with zero attached hydrogens (tertiary/aromatic N) is 4. The largest absolute Gasteiger partial charge is 0.389 e. The third-order valence-electron chi connectivity index (χ3n) is 6.33. The maximum absolute atomic E-state index is 12.4. The van der Waals surface area contributed by atoms with Crippen molar-refractivity contribution in [3.05, 3.63) is 53.7 Å². The predicted molar refractivity (Wildman–Crippen MR) is 108 cm³/mol. The van der Waals surface area contributed by atoms with Gasteiger partial charge in [-0.05, 0) is 31.4 Å². The zero-order valence-corrected chi connectivity index (χ0v) is 16.6. The van der Waals surface area contributed by atoms with Gasteiger partial charge in [0, 0.05) is 18.5 Å². The molecule has 2 aromatic heterocycles. The van der Waals surface area contributed by atoms with E-state index in [1.54, 1.807) is 17.9 Å². The average molecular weight is 403 g/mol. The van der Waals surface area contributed by atoms with Crippen LogP contribution in [0.25, 0.3) is 11.2 Å². The normalized spacial score (nSPS) is 29.2. The van der Waals surface area contributed by atoms with E-state index < -0.39 is 23.7 Å². The highest BCUT2D eigenvalue weighted by molar-refractivity contribution is 5.87. The number of aliphatic hydroxyl groups excluding tert-OH is 2. The Morgan fingerprint density at radius 2 is 2.00 bits per heavy atom. The molecule has 5 rings (SSSR count). The molecule has 0 bridgehead atoms. The van der Waals surface area contributed by atoms with Crippen molar-refractivity contribution in [3.8, 4) is 11.8 Å². The van der Waals surface area contributed by atoms with Gasteiger partial charge in [-0.3, -0.25) is 4.79 Å². The van der Waals surface area contributed by atoms with E-state index in [1.807, 2.05) is 37.3 Å². The zero-order chi connectivity index (χ0) is 21.0. The molecule has 2 unspecified atom stereocenters. The lowest BCUT2D eigenvalue weighted by Gasteiger charge is -2.23. The van der Waals surface area contributed by atoms with Crippen LogP contribution < -0.4 is 5.32 Å². The van der Waals surface area contributed by atoms with E-state index >= 15 is 0 Å². The number of carbonyl (C=O) groups is 1. The number of hydrogen-bond acceptors (Lipinski definition) is 6. The van der Waals surface area contributed by atoms with Crippen LogP contribution in [0.4, 0.5) is 0 Å². The van der Waals surface area contributed by atoms with Crippen LogP contribution in [0.2, 0.25) is 0 Å². The smallest absolute Gasteiger partial charge is 0.229 e. The van der Waals surface area contributed by atoms with Gasteiger partial charge in [0.05, 0.1) is 29.6 Å². The van der Waals surface area contributed by atoms with Crippen molar-refractivity contribution in [1.82, 2.24) is 24.8 Å². The maximum Gasteiger partial charge on any atom is 0.229 e. The highest BCUT2D eigenvalue weighted by atomic mass is 16.3. The van der Waals surface area contributed by atoms with E-state index in [2.05, 4.69) is 32.1 Å². The molecule has 1 aromatic carbocycles. The first-order valence-electron chi connectivity index (χ1n) is 9.84. The van der Waals surface area contributed by atoms with E-state index in [9.17, 15) is 15.0 Å². The molecule has 0 saturated heterocycles. The minimum absolute atomic E-state index is 0.186. The molecule has 0 radical (unpaired) electrons. The highest BCUT2D eigenvalue weighted by Gasteiger charge is 2.75. The Morgan fingerprint density at radius 3 is 2.73 bits per heavy atom. The van der Waals surface area contributed by atoms with Gasteiger partial charge in [0.15, 0.2) is 5.65 Å². The van der Waals surface area contributed by atoms with Gasteiger partial charge in [-0.2, -0.15) is 0 Å². The topological polar surface area (TPSA) is 113 Å². The molecule has 3 N–H and O–H groups in total. The predicted octanol–water partition coefficient (Wildman–Crippen LogP) is 0.563. The standard InChI is InChI=1S/C22H21N5O3/c1-12-16-20(26-15(25-12)9-8-13-6-4-3-5-7-13)27(11-24-16)17-14-10-22(14,21(30)23-2)19(29)18(17)28/h3-7,11,14,17-19,28-29H,10H2,1-2H3,(H,23,30)/t14?,17-,18?,19+,22-/m1/s1. The number of fused-ring (bicyclic) bond motifs is 2. The lowest BCUT2D eigenvalue weighted by Crippen LogP contribution is -2.41. The molecule has 0 aliphatic heterocycles. The molecule has 0 spiro atoms. The molecule has 2 fully saturated rings. The monoisotopic (exact) mass is 403 g/mol. The first kappa shape index (κ1) is 18.7. The van der Waals surface area contributed by atoms with Crippen LogP contribution in [-0.4, -0.2) is 54.9 Å². The minimum Gasteiger partial charge on any atom is -0.389 e. The van der Waals surface area contributed by atoms with Crippen molar-refractivity contribution in [1.29, 1.82) is 0 Å². The maximum atomic E-state index is 12.4. The Balaban J connectivity index is 1.56. The molecule has 8 heteroatoms. The van der Waals surface area contributed by atoms with Crippen LogP contribution in [0.1, 0.15) is 29.5 Å². The van der Waals surface area contributed by atoms with Crippen LogP contribution >= 0.6 is 0 Å². The SMILES string of the molecule is CNC(=O)[C@]12CC1[C@@H](n1cnc3c(C)nc(C#Cc4ccccc4)nc31)C(O)[C@@H]2O. The van der Waals surface area contributed by atoms with E-state index in [-0.39, 0.29) is 11.8 Å². The van der Waals surface area contributed by atoms with Gasteiger partial charge in [0.2, 0.25) is 11.7 Å². The molecule has 30 heavy (non-hydrogen) atoms. The Hall–Kier alpha value is -3.28. The summed E-state index contributed by atoms with van der Waals surface area (Å²) in [6, 6.07) is 9.07. The Morgan fingerprint density at radius 1 is 1.23 bits per heavy atom. The van der Waals surface area contributed by atoms with Gasteiger partial charge in [0.25, 0.3) is 0 Å². The number of carbonyl (C=O) groups excluding carboxylic acids is 1. The van der Waals surface area contributed by atoms with Crippen molar-refractivity contribution in [3.63, 3.8) is 0 Å². The molecule has 1 amide bonds. The van der Waals surface area contributed by atoms with Gasteiger partial charge >= 0.3 is 0 Å². The number of rotatable bonds is 2. The van der Waals surface area contributed by atoms with Gasteiger partial charge in [-0.1, -0.05) is 24.1 Å². The van der Waals surface area contributed by atoms with Crippen molar-refractivity contribution >= 4 is 17.1 Å². The fraction of sp³-hybridized carbons (Fsp3) is 0.364. The third kappa shape index (κ3) is 2.56. The van der Waals surface area contributed by atoms with Crippen molar-refractivity contribution in [2.24, 2.45) is 11.3 Å². The second kappa shape index (κ2) is 6.62. The van der Waals surface area contributed by atoms with Crippen LogP contribution in [0.5, 0.6) is 0 Å². The van der Waals surface area contributed by atoms with Gasteiger partial charge < -0.3 is 20.1 Å². The summed E-state index contributed by atoms with van der Waals surface area (Å²) >= 11 is 0. The Kier molecular flexibility index (Phi) is 4.13. The van der Waals surface area contributed by atoms with Crippen LogP contribution in [0.3, 0.4) is 0 Å². The van der Waals surface area contributed by atoms with Gasteiger partial charge in [0.1, 0.15) is 11.6 Å². The van der Waals surface area contributed by atoms with Crippen LogP contribution in [-0.2, 0) is 4.79 Å². The van der Waals surface area contributed by atoms with Crippen molar-refractivity contribution in [2.45, 2.75) is 31.6 Å². The Labute approximate surface area is 173 Å². The molecule has 152 valence electrons. The lowest BCUT2D eigenvalue weighted by molar-refractivity contribution is -0.132. The average Bonchev–Trinajstić information content (AvgIpc) is 3.29. The molecule has 2 aliphatic carbocycles. The fourth-order valence-corrected chi connectivity index (χ4v) is 4.77. The third-order valence-corrected chi connectivity index (χ3v) is 6.33. The summed E-state index contributed by atoms with van der Waals surface area (Å²) in [5.74, 6) is 5.96. The fourth-order valence-electron chi connectivity index (χ4n) is 4.77. The van der Waals surface area contributed by atoms with E-state index in [0.29, 0.717) is 29.1 Å². The molecule has 2 aliphatic rings. The summed E-state index contributed by atoms with van der Waals surface area (Å²) in [5.41, 5.74) is 1.73. The van der Waals surface area contributed by atoms with E-state index in [1.165, 1.54) is 0 Å². The second-order valence-corrected chi connectivity index (χ2v) is 7.93. The summed E-state index contributed by atoms with van der Waals surface area (Å²) in [6.45, 7) is 1.83. The number of aryl methyl sites for hydroxylation is 1. The first-order chi connectivity index (χ1) is 14.5. The van der Waals surface area contributed by atoms with Crippen molar-refractivity contribution < 1.29 is 15.0 Å². The van der Waals surface area contributed by atoms with Gasteiger partial charge in [-0.25, -0.2) is 15.0 Å². The number of aromatic nitrogens is 4. The number of nitrogens with one attached hydrogen (secondary N) is 1. The summed E-state index contributed by atoms with van der Waals surface area (Å²) in [6.07, 6.45) is -0.114. The van der Waals surface area contributed by atoms with Crippen LogP contribution in [0, 0.1) is 30.1 Å². The highest BCUT2D eigenvalue weighted by Crippen LogP contribution is 2.67. The minimum atomic E-state index is -1.13. The number of aliphatic hydroxyl groups is 2. The van der Waals surface area contributed by atoms with Gasteiger partial charge in [-0.15, -0.1) is 0 Å². The second-order valence-electron chi connectivity index (χ2n) is 7.93. The molecule has 2 saturated carbocycles. The quantitative estimate of drug-likeness (QED) is 0.539. The summed E-state index contributed by atoms with van der Waals surface area (Å²) < 4.78 is 1.76. The molecule has 5 atom stereocenters.